The van der Waals surface area contributed by atoms with Gasteiger partial charge in [-0.1, -0.05) is 153 Å². The van der Waals surface area contributed by atoms with Crippen LogP contribution in [0.15, 0.2) is 170 Å². The molecular formula is C49H34N2. The molecule has 0 amide bonds. The standard InChI is InChI=1S/C49H34N2/c1-49(2)44-29-35-18-9-8-17-34(35)28-43(44)41-22-12-21-40(47(41)49)39-25-26-42(38-20-11-10-19-37(38)39)48-50-45(32-14-4-3-5-15-32)30-46(51-48)36-24-23-31-13-6-7-16-33(31)27-36/h3-30H,1-2H3. The van der Waals surface area contributed by atoms with Crippen LogP contribution >= 0.6 is 0 Å². The molecule has 0 aliphatic heterocycles. The predicted octanol–water partition coefficient (Wildman–Crippen LogP) is 12.9. The monoisotopic (exact) mass is 650 g/mol. The number of hydrogen-bond acceptors (Lipinski definition) is 2. The summed E-state index contributed by atoms with van der Waals surface area (Å²) in [6, 6.07) is 61.2. The van der Waals surface area contributed by atoms with Gasteiger partial charge in [0.15, 0.2) is 5.82 Å². The molecule has 8 aromatic carbocycles. The third-order valence-electron chi connectivity index (χ3n) is 10.8. The average molecular weight is 651 g/mol. The Hall–Kier alpha value is -6.38. The fourth-order valence-corrected chi connectivity index (χ4v) is 8.34. The van der Waals surface area contributed by atoms with E-state index in [4.69, 9.17) is 9.97 Å². The molecule has 0 N–H and O–H groups in total. The lowest BCUT2D eigenvalue weighted by Gasteiger charge is -2.25. The molecule has 0 bridgehead atoms. The summed E-state index contributed by atoms with van der Waals surface area (Å²) in [7, 11) is 0. The van der Waals surface area contributed by atoms with Gasteiger partial charge in [-0.25, -0.2) is 9.97 Å². The molecule has 9 aromatic rings. The van der Waals surface area contributed by atoms with Crippen LogP contribution in [0.3, 0.4) is 0 Å². The zero-order chi connectivity index (χ0) is 34.1. The summed E-state index contributed by atoms with van der Waals surface area (Å²) in [5.41, 5.74) is 12.8. The van der Waals surface area contributed by atoms with Crippen molar-refractivity contribution in [2.45, 2.75) is 19.3 Å². The van der Waals surface area contributed by atoms with Gasteiger partial charge < -0.3 is 0 Å². The van der Waals surface area contributed by atoms with Gasteiger partial charge >= 0.3 is 0 Å². The van der Waals surface area contributed by atoms with Crippen LogP contribution in [-0.2, 0) is 5.41 Å². The summed E-state index contributed by atoms with van der Waals surface area (Å²) in [6.07, 6.45) is 0. The molecule has 0 spiro atoms. The molecule has 1 aromatic heterocycles. The molecule has 2 heteroatoms. The Morgan fingerprint density at radius 2 is 0.941 bits per heavy atom. The Balaban J connectivity index is 1.17. The van der Waals surface area contributed by atoms with Crippen molar-refractivity contribution >= 4 is 32.3 Å². The summed E-state index contributed by atoms with van der Waals surface area (Å²) in [4.78, 5) is 10.5. The Morgan fingerprint density at radius 3 is 1.69 bits per heavy atom. The Bertz CT molecular complexity index is 2830. The van der Waals surface area contributed by atoms with Crippen molar-refractivity contribution in [1.29, 1.82) is 0 Å². The zero-order valence-corrected chi connectivity index (χ0v) is 28.6. The molecule has 0 atom stereocenters. The minimum Gasteiger partial charge on any atom is -0.228 e. The van der Waals surface area contributed by atoms with Crippen molar-refractivity contribution in [2.75, 3.05) is 0 Å². The van der Waals surface area contributed by atoms with Gasteiger partial charge in [0.2, 0.25) is 0 Å². The van der Waals surface area contributed by atoms with Gasteiger partial charge in [-0.05, 0) is 96.0 Å². The van der Waals surface area contributed by atoms with Crippen molar-refractivity contribution in [1.82, 2.24) is 9.97 Å². The number of nitrogens with zero attached hydrogens (tertiary/aromatic N) is 2. The quantitative estimate of drug-likeness (QED) is 0.189. The molecule has 51 heavy (non-hydrogen) atoms. The fraction of sp³-hybridized carbons (Fsp3) is 0.0612. The lowest BCUT2D eigenvalue weighted by molar-refractivity contribution is 0.663. The first-order valence-electron chi connectivity index (χ1n) is 17.7. The SMILES string of the molecule is CC1(C)c2cc3ccccc3cc2-c2cccc(-c3ccc(-c4nc(-c5ccccc5)cc(-c5ccc6ccccc6c5)n4)c4ccccc34)c21. The van der Waals surface area contributed by atoms with Crippen molar-refractivity contribution in [3.05, 3.63) is 181 Å². The van der Waals surface area contributed by atoms with Crippen molar-refractivity contribution in [3.8, 4) is 56.2 Å². The van der Waals surface area contributed by atoms with Crippen LogP contribution in [-0.4, -0.2) is 9.97 Å². The largest absolute Gasteiger partial charge is 0.228 e. The number of rotatable bonds is 4. The zero-order valence-electron chi connectivity index (χ0n) is 28.6. The molecule has 240 valence electrons. The lowest BCUT2D eigenvalue weighted by Crippen LogP contribution is -2.16. The first kappa shape index (κ1) is 29.5. The van der Waals surface area contributed by atoms with E-state index in [1.165, 1.54) is 60.3 Å². The summed E-state index contributed by atoms with van der Waals surface area (Å²) >= 11 is 0. The van der Waals surface area contributed by atoms with E-state index in [0.29, 0.717) is 0 Å². The molecule has 0 saturated carbocycles. The van der Waals surface area contributed by atoms with Gasteiger partial charge in [-0.2, -0.15) is 0 Å². The summed E-state index contributed by atoms with van der Waals surface area (Å²) < 4.78 is 0. The van der Waals surface area contributed by atoms with Crippen LogP contribution < -0.4 is 0 Å². The number of fused-ring (bicyclic) bond motifs is 6. The molecule has 1 heterocycles. The molecule has 1 aliphatic carbocycles. The van der Waals surface area contributed by atoms with Gasteiger partial charge in [-0.15, -0.1) is 0 Å². The molecule has 2 nitrogen and oxygen atoms in total. The lowest BCUT2D eigenvalue weighted by atomic mass is 9.78. The second-order valence-corrected chi connectivity index (χ2v) is 14.2. The third kappa shape index (κ3) is 4.71. The van der Waals surface area contributed by atoms with E-state index in [1.807, 2.05) is 6.07 Å². The minimum atomic E-state index is -0.160. The van der Waals surface area contributed by atoms with E-state index in [1.54, 1.807) is 0 Å². The molecule has 10 rings (SSSR count). The second kappa shape index (κ2) is 11.3. The van der Waals surface area contributed by atoms with E-state index in [9.17, 15) is 0 Å². The molecular weight excluding hydrogens is 617 g/mol. The second-order valence-electron chi connectivity index (χ2n) is 14.2. The molecule has 0 unspecified atom stereocenters. The molecule has 0 saturated heterocycles. The summed E-state index contributed by atoms with van der Waals surface area (Å²) in [5, 5.41) is 7.31. The van der Waals surface area contributed by atoms with Gasteiger partial charge in [0.25, 0.3) is 0 Å². The normalized spacial score (nSPS) is 13.1. The maximum atomic E-state index is 5.28. The topological polar surface area (TPSA) is 25.8 Å². The highest BCUT2D eigenvalue weighted by molar-refractivity contribution is 6.06. The van der Waals surface area contributed by atoms with Gasteiger partial charge in [0, 0.05) is 22.1 Å². The van der Waals surface area contributed by atoms with E-state index in [0.717, 1.165) is 39.3 Å². The number of aromatic nitrogens is 2. The highest BCUT2D eigenvalue weighted by Crippen LogP contribution is 2.54. The van der Waals surface area contributed by atoms with Gasteiger partial charge in [0.05, 0.1) is 11.4 Å². The number of hydrogen-bond donors (Lipinski definition) is 0. The van der Waals surface area contributed by atoms with Crippen LogP contribution in [0.2, 0.25) is 0 Å². The summed E-state index contributed by atoms with van der Waals surface area (Å²) in [6.45, 7) is 4.76. The summed E-state index contributed by atoms with van der Waals surface area (Å²) in [5.74, 6) is 0.722. The first-order chi connectivity index (χ1) is 25.0. The molecule has 0 fully saturated rings. The maximum absolute atomic E-state index is 5.28. The Kier molecular flexibility index (Phi) is 6.56. The van der Waals surface area contributed by atoms with E-state index in [2.05, 4.69) is 178 Å². The molecule has 0 radical (unpaired) electrons. The first-order valence-corrected chi connectivity index (χ1v) is 17.7. The van der Waals surface area contributed by atoms with Crippen molar-refractivity contribution < 1.29 is 0 Å². The van der Waals surface area contributed by atoms with Gasteiger partial charge in [0.1, 0.15) is 0 Å². The van der Waals surface area contributed by atoms with Crippen LogP contribution in [0.1, 0.15) is 25.0 Å². The van der Waals surface area contributed by atoms with E-state index >= 15 is 0 Å². The molecule has 1 aliphatic rings. The fourth-order valence-electron chi connectivity index (χ4n) is 8.34. The predicted molar refractivity (Wildman–Crippen MR) is 214 cm³/mol. The van der Waals surface area contributed by atoms with Crippen LogP contribution in [0.4, 0.5) is 0 Å². The average Bonchev–Trinajstić information content (AvgIpc) is 3.41. The van der Waals surface area contributed by atoms with Crippen LogP contribution in [0, 0.1) is 0 Å². The maximum Gasteiger partial charge on any atom is 0.161 e. The Morgan fingerprint density at radius 1 is 0.373 bits per heavy atom. The van der Waals surface area contributed by atoms with Crippen LogP contribution in [0.5, 0.6) is 0 Å². The smallest absolute Gasteiger partial charge is 0.161 e. The van der Waals surface area contributed by atoms with Crippen molar-refractivity contribution in [3.63, 3.8) is 0 Å². The van der Waals surface area contributed by atoms with E-state index < -0.39 is 0 Å². The van der Waals surface area contributed by atoms with Crippen molar-refractivity contribution in [2.24, 2.45) is 0 Å². The highest BCUT2D eigenvalue weighted by atomic mass is 14.9. The Labute approximate surface area is 297 Å². The highest BCUT2D eigenvalue weighted by Gasteiger charge is 2.38. The minimum absolute atomic E-state index is 0.160. The van der Waals surface area contributed by atoms with E-state index in [-0.39, 0.29) is 5.41 Å². The number of benzene rings is 8. The van der Waals surface area contributed by atoms with Gasteiger partial charge in [-0.3, -0.25) is 0 Å². The van der Waals surface area contributed by atoms with Crippen LogP contribution in [0.25, 0.3) is 88.5 Å². The third-order valence-corrected chi connectivity index (χ3v) is 10.8.